The molecule has 0 amide bonds. The Balaban J connectivity index is 2.64. The standard InChI is InChI=1S/C12H22N2O2S2/c1-5-13-6-7-18(15,16)14-10(3)12-8-9(2)17-11(12)4/h8,10,13-14H,5-7H2,1-4H3. The molecule has 0 aliphatic heterocycles. The Labute approximate surface area is 114 Å². The number of sulfonamides is 1. The predicted molar refractivity (Wildman–Crippen MR) is 77.7 cm³/mol. The maximum Gasteiger partial charge on any atom is 0.213 e. The summed E-state index contributed by atoms with van der Waals surface area (Å²) in [6.45, 7) is 9.18. The number of nitrogens with one attached hydrogen (secondary N) is 2. The molecule has 0 aliphatic carbocycles. The SMILES string of the molecule is CCNCCS(=O)(=O)NC(C)c1cc(C)sc1C. The summed E-state index contributed by atoms with van der Waals surface area (Å²) in [6.07, 6.45) is 0. The van der Waals surface area contributed by atoms with Gasteiger partial charge in [-0.2, -0.15) is 0 Å². The highest BCUT2D eigenvalue weighted by Gasteiger charge is 2.17. The summed E-state index contributed by atoms with van der Waals surface area (Å²) >= 11 is 1.70. The Bertz CT molecular complexity index is 480. The lowest BCUT2D eigenvalue weighted by atomic mass is 10.1. The fraction of sp³-hybridized carbons (Fsp3) is 0.667. The van der Waals surface area contributed by atoms with Gasteiger partial charge in [-0.3, -0.25) is 0 Å². The van der Waals surface area contributed by atoms with Gasteiger partial charge in [0.25, 0.3) is 0 Å². The normalized spacial score (nSPS) is 13.8. The Morgan fingerprint density at radius 1 is 1.39 bits per heavy atom. The highest BCUT2D eigenvalue weighted by Crippen LogP contribution is 2.26. The van der Waals surface area contributed by atoms with Crippen molar-refractivity contribution in [3.8, 4) is 0 Å². The molecule has 104 valence electrons. The summed E-state index contributed by atoms with van der Waals surface area (Å²) in [4.78, 5) is 2.38. The Morgan fingerprint density at radius 3 is 2.56 bits per heavy atom. The van der Waals surface area contributed by atoms with Gasteiger partial charge in [-0.15, -0.1) is 11.3 Å². The van der Waals surface area contributed by atoms with E-state index in [1.54, 1.807) is 11.3 Å². The minimum absolute atomic E-state index is 0.118. The molecule has 0 aliphatic rings. The molecule has 1 heterocycles. The summed E-state index contributed by atoms with van der Waals surface area (Å²) in [5, 5.41) is 3.02. The topological polar surface area (TPSA) is 58.2 Å². The van der Waals surface area contributed by atoms with E-state index in [1.807, 2.05) is 27.7 Å². The molecule has 1 aromatic heterocycles. The van der Waals surface area contributed by atoms with Crippen LogP contribution in [0.3, 0.4) is 0 Å². The number of rotatable bonds is 7. The van der Waals surface area contributed by atoms with E-state index in [9.17, 15) is 8.42 Å². The van der Waals surface area contributed by atoms with Gasteiger partial charge in [0.15, 0.2) is 0 Å². The third-order valence-electron chi connectivity index (χ3n) is 2.70. The van der Waals surface area contributed by atoms with Gasteiger partial charge in [0, 0.05) is 22.3 Å². The molecule has 0 aromatic carbocycles. The largest absolute Gasteiger partial charge is 0.316 e. The van der Waals surface area contributed by atoms with Crippen LogP contribution in [0.4, 0.5) is 0 Å². The van der Waals surface area contributed by atoms with Crippen molar-refractivity contribution < 1.29 is 8.42 Å². The Hall–Kier alpha value is -0.430. The van der Waals surface area contributed by atoms with Crippen LogP contribution in [0.1, 0.15) is 35.2 Å². The Kier molecular flexibility index (Phi) is 5.78. The molecule has 0 bridgehead atoms. The van der Waals surface area contributed by atoms with Crippen LogP contribution in [0.15, 0.2) is 6.07 Å². The first kappa shape index (κ1) is 15.6. The van der Waals surface area contributed by atoms with Crippen LogP contribution in [0.5, 0.6) is 0 Å². The molecule has 0 radical (unpaired) electrons. The maximum atomic E-state index is 11.9. The summed E-state index contributed by atoms with van der Waals surface area (Å²) in [5.74, 6) is 0.118. The second-order valence-electron chi connectivity index (χ2n) is 4.38. The van der Waals surface area contributed by atoms with Gasteiger partial charge < -0.3 is 5.32 Å². The van der Waals surface area contributed by atoms with Gasteiger partial charge in [-0.1, -0.05) is 6.92 Å². The number of hydrogen-bond acceptors (Lipinski definition) is 4. The van der Waals surface area contributed by atoms with E-state index in [0.717, 1.165) is 12.1 Å². The zero-order valence-electron chi connectivity index (χ0n) is 11.4. The lowest BCUT2D eigenvalue weighted by Crippen LogP contribution is -2.33. The van der Waals surface area contributed by atoms with E-state index < -0.39 is 10.0 Å². The quantitative estimate of drug-likeness (QED) is 0.755. The molecule has 18 heavy (non-hydrogen) atoms. The third-order valence-corrected chi connectivity index (χ3v) is 5.14. The highest BCUT2D eigenvalue weighted by molar-refractivity contribution is 7.89. The second-order valence-corrected chi connectivity index (χ2v) is 7.71. The van der Waals surface area contributed by atoms with Crippen molar-refractivity contribution in [2.24, 2.45) is 0 Å². The van der Waals surface area contributed by atoms with E-state index >= 15 is 0 Å². The van der Waals surface area contributed by atoms with Crippen LogP contribution in [-0.2, 0) is 10.0 Å². The molecule has 2 N–H and O–H groups in total. The van der Waals surface area contributed by atoms with E-state index in [1.165, 1.54) is 9.75 Å². The van der Waals surface area contributed by atoms with E-state index in [2.05, 4.69) is 16.1 Å². The molecule has 0 spiro atoms. The molecular formula is C12H22N2O2S2. The summed E-state index contributed by atoms with van der Waals surface area (Å²) in [5.41, 5.74) is 1.07. The van der Waals surface area contributed by atoms with Gasteiger partial charge >= 0.3 is 0 Å². The monoisotopic (exact) mass is 290 g/mol. The first-order valence-electron chi connectivity index (χ1n) is 6.13. The minimum atomic E-state index is -3.22. The molecular weight excluding hydrogens is 268 g/mol. The van der Waals surface area contributed by atoms with Crippen molar-refractivity contribution in [3.63, 3.8) is 0 Å². The van der Waals surface area contributed by atoms with E-state index in [0.29, 0.717) is 6.54 Å². The predicted octanol–water partition coefficient (Wildman–Crippen LogP) is 1.95. The Morgan fingerprint density at radius 2 is 2.06 bits per heavy atom. The number of aryl methyl sites for hydroxylation is 2. The van der Waals surface area contributed by atoms with Crippen LogP contribution in [0.25, 0.3) is 0 Å². The lowest BCUT2D eigenvalue weighted by molar-refractivity contribution is 0.563. The smallest absolute Gasteiger partial charge is 0.213 e. The number of thiophene rings is 1. The van der Waals surface area contributed by atoms with Gasteiger partial charge in [0.2, 0.25) is 10.0 Å². The van der Waals surface area contributed by atoms with E-state index in [-0.39, 0.29) is 11.8 Å². The van der Waals surface area contributed by atoms with Crippen LogP contribution in [0.2, 0.25) is 0 Å². The fourth-order valence-corrected chi connectivity index (χ4v) is 4.07. The lowest BCUT2D eigenvalue weighted by Gasteiger charge is -2.14. The zero-order chi connectivity index (χ0) is 13.8. The minimum Gasteiger partial charge on any atom is -0.316 e. The summed E-state index contributed by atoms with van der Waals surface area (Å²) < 4.78 is 26.4. The molecule has 1 atom stereocenters. The van der Waals surface area contributed by atoms with Crippen molar-refractivity contribution in [2.75, 3.05) is 18.8 Å². The average molecular weight is 290 g/mol. The third kappa shape index (κ3) is 4.68. The van der Waals surface area contributed by atoms with Crippen LogP contribution in [-0.4, -0.2) is 27.3 Å². The number of hydrogen-bond donors (Lipinski definition) is 2. The van der Waals surface area contributed by atoms with Crippen LogP contribution in [0, 0.1) is 13.8 Å². The van der Waals surface area contributed by atoms with Crippen molar-refractivity contribution in [1.29, 1.82) is 0 Å². The molecule has 6 heteroatoms. The van der Waals surface area contributed by atoms with Crippen molar-refractivity contribution in [3.05, 3.63) is 21.4 Å². The highest BCUT2D eigenvalue weighted by atomic mass is 32.2. The van der Waals surface area contributed by atoms with Gasteiger partial charge in [-0.05, 0) is 38.9 Å². The molecule has 1 aromatic rings. The first-order chi connectivity index (χ1) is 8.35. The van der Waals surface area contributed by atoms with Gasteiger partial charge in [0.05, 0.1) is 5.75 Å². The summed E-state index contributed by atoms with van der Waals surface area (Å²) in [6, 6.07) is 1.89. The molecule has 1 rings (SSSR count). The maximum absolute atomic E-state index is 11.9. The van der Waals surface area contributed by atoms with Gasteiger partial charge in [0.1, 0.15) is 0 Å². The second kappa shape index (κ2) is 6.65. The first-order valence-corrected chi connectivity index (χ1v) is 8.60. The molecule has 1 unspecified atom stereocenters. The van der Waals surface area contributed by atoms with Crippen LogP contribution < -0.4 is 10.0 Å². The average Bonchev–Trinajstić information content (AvgIpc) is 2.57. The van der Waals surface area contributed by atoms with Crippen molar-refractivity contribution in [2.45, 2.75) is 33.7 Å². The van der Waals surface area contributed by atoms with Gasteiger partial charge in [-0.25, -0.2) is 13.1 Å². The zero-order valence-corrected chi connectivity index (χ0v) is 13.0. The molecule has 0 saturated carbocycles. The van der Waals surface area contributed by atoms with Crippen molar-refractivity contribution >= 4 is 21.4 Å². The molecule has 4 nitrogen and oxygen atoms in total. The van der Waals surface area contributed by atoms with E-state index in [4.69, 9.17) is 0 Å². The molecule has 0 saturated heterocycles. The van der Waals surface area contributed by atoms with Crippen molar-refractivity contribution in [1.82, 2.24) is 10.0 Å². The fourth-order valence-electron chi connectivity index (χ4n) is 1.86. The summed E-state index contributed by atoms with van der Waals surface area (Å²) in [7, 11) is -3.22. The van der Waals surface area contributed by atoms with Crippen LogP contribution >= 0.6 is 11.3 Å². The molecule has 0 fully saturated rings.